The molecular formula is C19H28BrNO6. The second-order valence-electron chi connectivity index (χ2n) is 6.97. The van der Waals surface area contributed by atoms with Gasteiger partial charge in [0.1, 0.15) is 0 Å². The quantitative estimate of drug-likeness (QED) is 0.301. The number of amides is 1. The predicted molar refractivity (Wildman–Crippen MR) is 103 cm³/mol. The van der Waals surface area contributed by atoms with E-state index in [1.165, 1.54) is 0 Å². The Morgan fingerprint density at radius 1 is 1.11 bits per heavy atom. The molecule has 0 spiro atoms. The monoisotopic (exact) mass is 445 g/mol. The van der Waals surface area contributed by atoms with Crippen LogP contribution in [0.5, 0.6) is 0 Å². The van der Waals surface area contributed by atoms with Crippen LogP contribution in [0.3, 0.4) is 0 Å². The lowest BCUT2D eigenvalue weighted by Crippen LogP contribution is -2.49. The molecule has 27 heavy (non-hydrogen) atoms. The Bertz CT molecular complexity index is 605. The van der Waals surface area contributed by atoms with Crippen molar-refractivity contribution < 1.29 is 29.6 Å². The summed E-state index contributed by atoms with van der Waals surface area (Å²) in [6.45, 7) is 3.90. The van der Waals surface area contributed by atoms with E-state index in [-0.39, 0.29) is 18.8 Å². The van der Waals surface area contributed by atoms with Crippen molar-refractivity contribution in [3.05, 3.63) is 34.3 Å². The van der Waals surface area contributed by atoms with E-state index < -0.39 is 36.3 Å². The number of ether oxygens (including phenoxy) is 1. The fourth-order valence-electron chi connectivity index (χ4n) is 2.68. The Kier molecular flexibility index (Phi) is 9.93. The van der Waals surface area contributed by atoms with Crippen LogP contribution in [0.2, 0.25) is 0 Å². The van der Waals surface area contributed by atoms with Crippen molar-refractivity contribution in [3.63, 3.8) is 0 Å². The molecule has 7 nitrogen and oxygen atoms in total. The lowest BCUT2D eigenvalue weighted by atomic mass is 9.89. The van der Waals surface area contributed by atoms with Crippen molar-refractivity contribution >= 4 is 27.8 Å². The van der Waals surface area contributed by atoms with Crippen LogP contribution in [0.15, 0.2) is 28.7 Å². The summed E-state index contributed by atoms with van der Waals surface area (Å²) in [5.41, 5.74) is 6.19. The molecule has 0 fully saturated rings. The Morgan fingerprint density at radius 3 is 2.19 bits per heavy atom. The summed E-state index contributed by atoms with van der Waals surface area (Å²) in [6, 6.07) is 7.38. The zero-order chi connectivity index (χ0) is 20.6. The molecule has 3 unspecified atom stereocenters. The summed E-state index contributed by atoms with van der Waals surface area (Å²) in [4.78, 5) is 23.9. The van der Waals surface area contributed by atoms with Crippen LogP contribution in [0.25, 0.3) is 0 Å². The van der Waals surface area contributed by atoms with Crippen molar-refractivity contribution in [2.75, 3.05) is 0 Å². The molecule has 8 heteroatoms. The maximum absolute atomic E-state index is 12.1. The molecule has 1 rings (SSSR count). The Morgan fingerprint density at radius 2 is 1.70 bits per heavy atom. The number of carbonyl (C=O) groups excluding carboxylic acids is 2. The van der Waals surface area contributed by atoms with Crippen molar-refractivity contribution in [1.82, 2.24) is 0 Å². The number of aryl methyl sites for hydroxylation is 1. The van der Waals surface area contributed by atoms with E-state index in [9.17, 15) is 24.9 Å². The number of rotatable bonds is 11. The summed E-state index contributed by atoms with van der Waals surface area (Å²) in [5.74, 6) is -2.87. The Labute approximate surface area is 167 Å². The van der Waals surface area contributed by atoms with Gasteiger partial charge in [0.15, 0.2) is 12.4 Å². The van der Waals surface area contributed by atoms with Gasteiger partial charge in [-0.15, -0.1) is 0 Å². The minimum Gasteiger partial charge on any atom is -0.452 e. The number of nitrogens with two attached hydrogens (primary N) is 1. The lowest BCUT2D eigenvalue weighted by Gasteiger charge is -2.30. The molecule has 0 heterocycles. The van der Waals surface area contributed by atoms with Gasteiger partial charge in [0.2, 0.25) is 0 Å². The molecule has 0 aliphatic carbocycles. The molecule has 0 radical (unpaired) electrons. The number of carbonyl (C=O) groups is 2. The first-order valence-electron chi connectivity index (χ1n) is 8.89. The maximum Gasteiger partial charge on any atom is 0.306 e. The van der Waals surface area contributed by atoms with Crippen LogP contribution in [-0.4, -0.2) is 45.7 Å². The largest absolute Gasteiger partial charge is 0.452 e. The average Bonchev–Trinajstić information content (AvgIpc) is 2.58. The highest BCUT2D eigenvalue weighted by Crippen LogP contribution is 2.22. The minimum atomic E-state index is -2.05. The van der Waals surface area contributed by atoms with E-state index in [1.807, 2.05) is 38.1 Å². The van der Waals surface area contributed by atoms with E-state index >= 15 is 0 Å². The third kappa shape index (κ3) is 8.38. The normalized spacial score (nSPS) is 14.8. The molecule has 0 aromatic heterocycles. The number of primary amides is 1. The third-order valence-electron chi connectivity index (χ3n) is 4.25. The molecule has 5 N–H and O–H groups in total. The highest BCUT2D eigenvalue weighted by Gasteiger charge is 2.39. The number of benzene rings is 1. The van der Waals surface area contributed by atoms with Crippen LogP contribution < -0.4 is 5.73 Å². The third-order valence-corrected chi connectivity index (χ3v) is 4.78. The number of hydrogen-bond acceptors (Lipinski definition) is 6. The van der Waals surface area contributed by atoms with Gasteiger partial charge in [0.25, 0.3) is 5.91 Å². The highest BCUT2D eigenvalue weighted by atomic mass is 79.9. The van der Waals surface area contributed by atoms with Gasteiger partial charge < -0.3 is 25.8 Å². The highest BCUT2D eigenvalue weighted by molar-refractivity contribution is 9.10. The van der Waals surface area contributed by atoms with Crippen LogP contribution in [0, 0.1) is 11.8 Å². The molecule has 0 bridgehead atoms. The number of halogens is 1. The van der Waals surface area contributed by atoms with Crippen molar-refractivity contribution in [3.8, 4) is 0 Å². The van der Waals surface area contributed by atoms with Crippen LogP contribution in [0.1, 0.15) is 38.7 Å². The van der Waals surface area contributed by atoms with Crippen molar-refractivity contribution in [2.24, 2.45) is 17.6 Å². The number of aliphatic hydroxyl groups is 3. The topological polar surface area (TPSA) is 130 Å². The number of esters is 1. The first-order chi connectivity index (χ1) is 12.6. The minimum absolute atomic E-state index is 0.0122. The molecular weight excluding hydrogens is 418 g/mol. The van der Waals surface area contributed by atoms with E-state index in [4.69, 9.17) is 10.5 Å². The smallest absolute Gasteiger partial charge is 0.306 e. The molecule has 1 aromatic carbocycles. The second-order valence-corrected chi connectivity index (χ2v) is 7.88. The summed E-state index contributed by atoms with van der Waals surface area (Å²) in [6.07, 6.45) is -3.72. The van der Waals surface area contributed by atoms with E-state index in [1.54, 1.807) is 0 Å². The molecule has 152 valence electrons. The Hall–Kier alpha value is -1.48. The van der Waals surface area contributed by atoms with Crippen LogP contribution >= 0.6 is 15.9 Å². The van der Waals surface area contributed by atoms with Gasteiger partial charge in [-0.1, -0.05) is 41.9 Å². The molecule has 3 atom stereocenters. The van der Waals surface area contributed by atoms with Gasteiger partial charge in [-0.2, -0.15) is 0 Å². The van der Waals surface area contributed by atoms with Gasteiger partial charge >= 0.3 is 5.97 Å². The van der Waals surface area contributed by atoms with Crippen molar-refractivity contribution in [2.45, 2.75) is 58.0 Å². The van der Waals surface area contributed by atoms with Gasteiger partial charge in [-0.05, 0) is 42.9 Å². The molecule has 0 saturated carbocycles. The average molecular weight is 446 g/mol. The summed E-state index contributed by atoms with van der Waals surface area (Å²) >= 11 is 3.32. The van der Waals surface area contributed by atoms with Crippen LogP contribution in [-0.2, 0) is 20.7 Å². The second kappa shape index (κ2) is 11.4. The van der Waals surface area contributed by atoms with E-state index in [2.05, 4.69) is 15.9 Å². The zero-order valence-corrected chi connectivity index (χ0v) is 17.1. The van der Waals surface area contributed by atoms with E-state index in [0.29, 0.717) is 12.8 Å². The molecule has 0 aliphatic rings. The lowest BCUT2D eigenvalue weighted by molar-refractivity contribution is -0.184. The first kappa shape index (κ1) is 23.6. The number of aliphatic hydroxyl groups excluding tert-OH is 2. The molecule has 0 saturated heterocycles. The molecule has 1 aromatic rings. The zero-order valence-electron chi connectivity index (χ0n) is 15.5. The van der Waals surface area contributed by atoms with Gasteiger partial charge in [-0.25, -0.2) is 0 Å². The number of hydrogen-bond donors (Lipinski definition) is 4. The van der Waals surface area contributed by atoms with Gasteiger partial charge in [0.05, 0.1) is 12.0 Å². The standard InChI is InChI=1S/C19H28BrNO6/c1-11(2)3-9-14(22)16(19(25)26)17(18(21)24)27-15(23)10-6-12-4-7-13(20)8-5-12/h4-5,7-8,11,14,16-17,19,22,25-26H,3,6,9-10H2,1-2H3,(H2,21,24). The van der Waals surface area contributed by atoms with Crippen molar-refractivity contribution in [1.29, 1.82) is 0 Å². The van der Waals surface area contributed by atoms with Crippen LogP contribution in [0.4, 0.5) is 0 Å². The Balaban J connectivity index is 2.74. The molecule has 0 aliphatic heterocycles. The molecule has 1 amide bonds. The SMILES string of the molecule is CC(C)CCC(O)C(C(O)O)C(OC(=O)CCc1ccc(Br)cc1)C(N)=O. The van der Waals surface area contributed by atoms with Gasteiger partial charge in [-0.3, -0.25) is 9.59 Å². The first-order valence-corrected chi connectivity index (χ1v) is 9.68. The van der Waals surface area contributed by atoms with Gasteiger partial charge in [0, 0.05) is 10.9 Å². The summed E-state index contributed by atoms with van der Waals surface area (Å²) in [5, 5.41) is 29.5. The summed E-state index contributed by atoms with van der Waals surface area (Å²) < 4.78 is 6.02. The van der Waals surface area contributed by atoms with E-state index in [0.717, 1.165) is 10.0 Å². The fourth-order valence-corrected chi connectivity index (χ4v) is 2.94. The summed E-state index contributed by atoms with van der Waals surface area (Å²) in [7, 11) is 0. The fraction of sp³-hybridized carbons (Fsp3) is 0.579. The predicted octanol–water partition coefficient (Wildman–Crippen LogP) is 1.50. The maximum atomic E-state index is 12.1.